The standard InChI is InChI=1S/C17H26N2O5S/c1-18(25(4,21)22)14-12-16(24-3)15(23-2)11-13(14)17(20)19-9-7-5-6-8-10-19/h11-12H,5-10H2,1-4H3. The van der Waals surface area contributed by atoms with Crippen molar-refractivity contribution >= 4 is 21.6 Å². The fraction of sp³-hybridized carbons (Fsp3) is 0.588. The Labute approximate surface area is 149 Å². The SMILES string of the molecule is COc1cc(C(=O)N2CCCCCC2)c(N(C)S(C)(=O)=O)cc1OC. The normalized spacial score (nSPS) is 15.4. The van der Waals surface area contributed by atoms with Gasteiger partial charge in [-0.1, -0.05) is 12.8 Å². The number of carbonyl (C=O) groups is 1. The summed E-state index contributed by atoms with van der Waals surface area (Å²) in [7, 11) is 0.853. The van der Waals surface area contributed by atoms with Gasteiger partial charge in [0.25, 0.3) is 5.91 Å². The Balaban J connectivity index is 2.54. The highest BCUT2D eigenvalue weighted by Crippen LogP contribution is 2.36. The summed E-state index contributed by atoms with van der Waals surface area (Å²) in [5, 5.41) is 0. The monoisotopic (exact) mass is 370 g/mol. The lowest BCUT2D eigenvalue weighted by Crippen LogP contribution is -2.34. The van der Waals surface area contributed by atoms with Crippen LogP contribution in [0.4, 0.5) is 5.69 Å². The van der Waals surface area contributed by atoms with Crippen LogP contribution in [0.15, 0.2) is 12.1 Å². The Kier molecular flexibility index (Phi) is 6.16. The first kappa shape index (κ1) is 19.4. The summed E-state index contributed by atoms with van der Waals surface area (Å²) in [6, 6.07) is 3.09. The summed E-state index contributed by atoms with van der Waals surface area (Å²) < 4.78 is 35.7. The van der Waals surface area contributed by atoms with Crippen LogP contribution < -0.4 is 13.8 Å². The number of sulfonamides is 1. The number of likely N-dealkylation sites (tertiary alicyclic amines) is 1. The second-order valence-electron chi connectivity index (χ2n) is 6.16. The Morgan fingerprint density at radius 1 is 1.04 bits per heavy atom. The molecule has 1 saturated heterocycles. The molecule has 0 radical (unpaired) electrons. The molecule has 0 saturated carbocycles. The zero-order valence-corrected chi connectivity index (χ0v) is 16.1. The van der Waals surface area contributed by atoms with Crippen LogP contribution in [0.5, 0.6) is 11.5 Å². The predicted octanol–water partition coefficient (Wildman–Crippen LogP) is 2.12. The van der Waals surface area contributed by atoms with E-state index in [0.29, 0.717) is 30.2 Å². The molecule has 0 spiro atoms. The van der Waals surface area contributed by atoms with Gasteiger partial charge in [0.1, 0.15) is 0 Å². The predicted molar refractivity (Wildman–Crippen MR) is 97.2 cm³/mol. The first-order chi connectivity index (χ1) is 11.8. The van der Waals surface area contributed by atoms with Crippen LogP contribution in [-0.4, -0.2) is 59.8 Å². The van der Waals surface area contributed by atoms with E-state index in [1.165, 1.54) is 27.3 Å². The molecule has 0 N–H and O–H groups in total. The van der Waals surface area contributed by atoms with Crippen molar-refractivity contribution in [3.05, 3.63) is 17.7 Å². The van der Waals surface area contributed by atoms with Crippen molar-refractivity contribution in [3.8, 4) is 11.5 Å². The molecule has 1 fully saturated rings. The zero-order valence-electron chi connectivity index (χ0n) is 15.2. The summed E-state index contributed by atoms with van der Waals surface area (Å²) in [4.78, 5) is 14.9. The Morgan fingerprint density at radius 2 is 1.56 bits per heavy atom. The number of anilines is 1. The van der Waals surface area contributed by atoms with Gasteiger partial charge in [-0.05, 0) is 18.9 Å². The maximum Gasteiger partial charge on any atom is 0.256 e. The zero-order chi connectivity index (χ0) is 18.6. The van der Waals surface area contributed by atoms with Gasteiger partial charge in [0.05, 0.1) is 31.7 Å². The molecule has 2 rings (SSSR count). The molecule has 8 heteroatoms. The molecule has 0 bridgehead atoms. The molecule has 1 aliphatic heterocycles. The second-order valence-corrected chi connectivity index (χ2v) is 8.18. The van der Waals surface area contributed by atoms with E-state index in [9.17, 15) is 13.2 Å². The quantitative estimate of drug-likeness (QED) is 0.793. The van der Waals surface area contributed by atoms with Crippen molar-refractivity contribution in [2.24, 2.45) is 0 Å². The van der Waals surface area contributed by atoms with Gasteiger partial charge in [-0.25, -0.2) is 8.42 Å². The average molecular weight is 370 g/mol. The minimum atomic E-state index is -3.53. The van der Waals surface area contributed by atoms with E-state index >= 15 is 0 Å². The fourth-order valence-electron chi connectivity index (χ4n) is 2.92. The minimum Gasteiger partial charge on any atom is -0.493 e. The molecule has 0 aliphatic carbocycles. The Bertz CT molecular complexity index is 725. The number of ether oxygens (including phenoxy) is 2. The number of rotatable bonds is 5. The van der Waals surface area contributed by atoms with Crippen molar-refractivity contribution in [3.63, 3.8) is 0 Å². The summed E-state index contributed by atoms with van der Waals surface area (Å²) in [5.41, 5.74) is 0.585. The van der Waals surface area contributed by atoms with Crippen LogP contribution in [-0.2, 0) is 10.0 Å². The topological polar surface area (TPSA) is 76.2 Å². The van der Waals surface area contributed by atoms with Gasteiger partial charge in [0, 0.05) is 26.2 Å². The van der Waals surface area contributed by atoms with Crippen molar-refractivity contribution < 1.29 is 22.7 Å². The van der Waals surface area contributed by atoms with Gasteiger partial charge in [0.2, 0.25) is 10.0 Å². The molecule has 1 aromatic rings. The summed E-state index contributed by atoms with van der Waals surface area (Å²) in [6.07, 6.45) is 5.22. The van der Waals surface area contributed by atoms with Gasteiger partial charge in [0.15, 0.2) is 11.5 Å². The molecule has 1 heterocycles. The Morgan fingerprint density at radius 3 is 2.04 bits per heavy atom. The number of hydrogen-bond donors (Lipinski definition) is 0. The molecule has 7 nitrogen and oxygen atoms in total. The molecule has 1 aromatic carbocycles. The molecule has 1 amide bonds. The number of hydrogen-bond acceptors (Lipinski definition) is 5. The smallest absolute Gasteiger partial charge is 0.256 e. The lowest BCUT2D eigenvalue weighted by atomic mass is 10.1. The van der Waals surface area contributed by atoms with Crippen molar-refractivity contribution in [1.29, 1.82) is 0 Å². The third-order valence-corrected chi connectivity index (χ3v) is 5.65. The highest BCUT2D eigenvalue weighted by Gasteiger charge is 2.26. The average Bonchev–Trinajstić information content (AvgIpc) is 2.87. The van der Waals surface area contributed by atoms with E-state index in [1.54, 1.807) is 11.0 Å². The lowest BCUT2D eigenvalue weighted by Gasteiger charge is -2.26. The third kappa shape index (κ3) is 4.36. The molecule has 0 aromatic heterocycles. The second kappa shape index (κ2) is 7.95. The number of benzene rings is 1. The van der Waals surface area contributed by atoms with Crippen LogP contribution in [0.1, 0.15) is 36.0 Å². The van der Waals surface area contributed by atoms with E-state index in [1.807, 2.05) is 0 Å². The van der Waals surface area contributed by atoms with Gasteiger partial charge in [-0.2, -0.15) is 0 Å². The largest absolute Gasteiger partial charge is 0.493 e. The first-order valence-corrected chi connectivity index (χ1v) is 10.1. The number of nitrogens with zero attached hydrogens (tertiary/aromatic N) is 2. The molecular weight excluding hydrogens is 344 g/mol. The van der Waals surface area contributed by atoms with Gasteiger partial charge < -0.3 is 14.4 Å². The fourth-order valence-corrected chi connectivity index (χ4v) is 3.43. The molecule has 25 heavy (non-hydrogen) atoms. The molecular formula is C17H26N2O5S. The maximum atomic E-state index is 13.1. The number of methoxy groups -OCH3 is 2. The van der Waals surface area contributed by atoms with E-state index in [-0.39, 0.29) is 11.6 Å². The Hall–Kier alpha value is -1.96. The van der Waals surface area contributed by atoms with Gasteiger partial charge >= 0.3 is 0 Å². The van der Waals surface area contributed by atoms with E-state index in [2.05, 4.69) is 0 Å². The van der Waals surface area contributed by atoms with E-state index in [0.717, 1.165) is 36.2 Å². The van der Waals surface area contributed by atoms with Crippen LogP contribution >= 0.6 is 0 Å². The van der Waals surface area contributed by atoms with Crippen LogP contribution in [0.3, 0.4) is 0 Å². The highest BCUT2D eigenvalue weighted by atomic mass is 32.2. The number of carbonyl (C=O) groups excluding carboxylic acids is 1. The van der Waals surface area contributed by atoms with Crippen LogP contribution in [0, 0.1) is 0 Å². The van der Waals surface area contributed by atoms with Gasteiger partial charge in [-0.15, -0.1) is 0 Å². The van der Waals surface area contributed by atoms with E-state index < -0.39 is 10.0 Å². The van der Waals surface area contributed by atoms with Crippen molar-refractivity contribution in [2.75, 3.05) is 44.9 Å². The van der Waals surface area contributed by atoms with E-state index in [4.69, 9.17) is 9.47 Å². The van der Waals surface area contributed by atoms with Crippen LogP contribution in [0.2, 0.25) is 0 Å². The minimum absolute atomic E-state index is 0.187. The first-order valence-electron chi connectivity index (χ1n) is 8.28. The van der Waals surface area contributed by atoms with Gasteiger partial charge in [-0.3, -0.25) is 9.10 Å². The summed E-state index contributed by atoms with van der Waals surface area (Å²) in [5.74, 6) is 0.583. The summed E-state index contributed by atoms with van der Waals surface area (Å²) in [6.45, 7) is 1.35. The van der Waals surface area contributed by atoms with Crippen molar-refractivity contribution in [1.82, 2.24) is 4.90 Å². The molecule has 140 valence electrons. The molecule has 1 aliphatic rings. The highest BCUT2D eigenvalue weighted by molar-refractivity contribution is 7.92. The molecule has 0 atom stereocenters. The summed E-state index contributed by atoms with van der Waals surface area (Å²) >= 11 is 0. The molecule has 0 unspecified atom stereocenters. The lowest BCUT2D eigenvalue weighted by molar-refractivity contribution is 0.0762. The van der Waals surface area contributed by atoms with Crippen LogP contribution in [0.25, 0.3) is 0 Å². The third-order valence-electron chi connectivity index (χ3n) is 4.46. The maximum absolute atomic E-state index is 13.1. The number of amides is 1. The van der Waals surface area contributed by atoms with Crippen molar-refractivity contribution in [2.45, 2.75) is 25.7 Å².